The molecular formula is C9H5ClF2O3. The van der Waals surface area contributed by atoms with Gasteiger partial charge < -0.3 is 4.74 Å². The second kappa shape index (κ2) is 4.35. The fraction of sp³-hybridized carbons (Fsp3) is 0.111. The van der Waals surface area contributed by atoms with Crippen LogP contribution in [-0.2, 0) is 9.53 Å². The smallest absolute Gasteiger partial charge is 0.379 e. The van der Waals surface area contributed by atoms with Crippen LogP contribution in [0.5, 0.6) is 0 Å². The Bertz CT molecular complexity index is 432. The largest absolute Gasteiger partial charge is 0.463 e. The molecule has 6 heteroatoms. The Morgan fingerprint density at radius 3 is 2.33 bits per heavy atom. The molecule has 0 spiro atoms. The fourth-order valence-electron chi connectivity index (χ4n) is 0.930. The molecule has 0 aliphatic heterocycles. The summed E-state index contributed by atoms with van der Waals surface area (Å²) in [5, 5.41) is -0.731. The maximum Gasteiger partial charge on any atom is 0.379 e. The molecule has 0 radical (unpaired) electrons. The van der Waals surface area contributed by atoms with Crippen LogP contribution in [0.3, 0.4) is 0 Å². The van der Waals surface area contributed by atoms with Crippen molar-refractivity contribution in [2.75, 3.05) is 7.11 Å². The molecule has 0 fully saturated rings. The summed E-state index contributed by atoms with van der Waals surface area (Å²) in [5.41, 5.74) is -0.816. The highest BCUT2D eigenvalue weighted by molar-refractivity contribution is 6.45. The quantitative estimate of drug-likeness (QED) is 0.340. The molecule has 1 aromatic rings. The molecule has 0 aliphatic rings. The third-order valence-corrected chi connectivity index (χ3v) is 2.01. The molecule has 3 nitrogen and oxygen atoms in total. The number of carbonyl (C=O) groups is 2. The van der Waals surface area contributed by atoms with Crippen LogP contribution in [-0.4, -0.2) is 18.9 Å². The zero-order valence-corrected chi connectivity index (χ0v) is 8.27. The number of benzene rings is 1. The molecule has 0 atom stereocenters. The van der Waals surface area contributed by atoms with Crippen molar-refractivity contribution in [1.29, 1.82) is 0 Å². The molecule has 0 N–H and O–H groups in total. The minimum Gasteiger partial charge on any atom is -0.463 e. The first-order chi connectivity index (χ1) is 6.99. The standard InChI is InChI=1S/C9H5ClF2O3/c1-15-9(14)8(13)6-4(11)2-3-5(12)7(6)10/h2-3H,1H3. The van der Waals surface area contributed by atoms with Crippen LogP contribution in [0.2, 0.25) is 5.02 Å². The van der Waals surface area contributed by atoms with Crippen molar-refractivity contribution >= 4 is 23.4 Å². The summed E-state index contributed by atoms with van der Waals surface area (Å²) in [6.07, 6.45) is 0. The first-order valence-corrected chi connectivity index (χ1v) is 4.13. The average Bonchev–Trinajstić information content (AvgIpc) is 2.22. The van der Waals surface area contributed by atoms with E-state index in [-0.39, 0.29) is 0 Å². The van der Waals surface area contributed by atoms with Gasteiger partial charge in [-0.1, -0.05) is 11.6 Å². The molecule has 0 aromatic heterocycles. The number of rotatable bonds is 2. The van der Waals surface area contributed by atoms with E-state index in [4.69, 9.17) is 11.6 Å². The normalized spacial score (nSPS) is 9.87. The molecule has 0 bridgehead atoms. The van der Waals surface area contributed by atoms with E-state index in [1.165, 1.54) is 0 Å². The number of ether oxygens (including phenoxy) is 1. The Morgan fingerprint density at radius 1 is 1.27 bits per heavy atom. The molecule has 1 rings (SSSR count). The highest BCUT2D eigenvalue weighted by Gasteiger charge is 2.25. The summed E-state index contributed by atoms with van der Waals surface area (Å²) in [7, 11) is 0.950. The second-order valence-electron chi connectivity index (χ2n) is 2.54. The molecule has 0 amide bonds. The van der Waals surface area contributed by atoms with Gasteiger partial charge in [0.25, 0.3) is 5.78 Å². The van der Waals surface area contributed by atoms with E-state index < -0.39 is 34.0 Å². The van der Waals surface area contributed by atoms with Gasteiger partial charge in [0, 0.05) is 0 Å². The van der Waals surface area contributed by atoms with Gasteiger partial charge in [0.2, 0.25) is 0 Å². The van der Waals surface area contributed by atoms with Crippen LogP contribution in [0.15, 0.2) is 12.1 Å². The monoisotopic (exact) mass is 234 g/mol. The van der Waals surface area contributed by atoms with Gasteiger partial charge in [-0.15, -0.1) is 0 Å². The van der Waals surface area contributed by atoms with E-state index >= 15 is 0 Å². The Hall–Kier alpha value is -1.49. The number of Topliss-reactive ketones (excluding diaryl/α,β-unsaturated/α-hetero) is 1. The average molecular weight is 235 g/mol. The number of hydrogen-bond acceptors (Lipinski definition) is 3. The number of ketones is 1. The van der Waals surface area contributed by atoms with E-state index in [2.05, 4.69) is 4.74 Å². The number of halogens is 3. The van der Waals surface area contributed by atoms with Crippen LogP contribution >= 0.6 is 11.6 Å². The van der Waals surface area contributed by atoms with Crippen LogP contribution in [0.25, 0.3) is 0 Å². The lowest BCUT2D eigenvalue weighted by atomic mass is 10.1. The van der Waals surface area contributed by atoms with E-state index in [1.54, 1.807) is 0 Å². The predicted molar refractivity (Wildman–Crippen MR) is 47.7 cm³/mol. The third kappa shape index (κ3) is 2.12. The maximum atomic E-state index is 13.1. The maximum absolute atomic E-state index is 13.1. The van der Waals surface area contributed by atoms with Gasteiger partial charge in [0.15, 0.2) is 0 Å². The minimum atomic E-state index is -1.32. The molecule has 0 heterocycles. The van der Waals surface area contributed by atoms with Crippen LogP contribution < -0.4 is 0 Å². The first kappa shape index (κ1) is 11.6. The van der Waals surface area contributed by atoms with Crippen molar-refractivity contribution in [2.24, 2.45) is 0 Å². The van der Waals surface area contributed by atoms with Gasteiger partial charge >= 0.3 is 5.97 Å². The number of carbonyl (C=O) groups excluding carboxylic acids is 2. The zero-order chi connectivity index (χ0) is 11.6. The second-order valence-corrected chi connectivity index (χ2v) is 2.92. The van der Waals surface area contributed by atoms with Crippen molar-refractivity contribution < 1.29 is 23.1 Å². The van der Waals surface area contributed by atoms with E-state index in [1.807, 2.05) is 0 Å². The molecule has 0 saturated carbocycles. The van der Waals surface area contributed by atoms with Gasteiger partial charge in [-0.3, -0.25) is 4.79 Å². The fourth-order valence-corrected chi connectivity index (χ4v) is 1.17. The summed E-state index contributed by atoms with van der Waals surface area (Å²) >= 11 is 5.35. The highest BCUT2D eigenvalue weighted by Crippen LogP contribution is 2.23. The van der Waals surface area contributed by atoms with Crippen molar-refractivity contribution in [3.05, 3.63) is 34.4 Å². The lowest BCUT2D eigenvalue weighted by molar-refractivity contribution is -0.135. The van der Waals surface area contributed by atoms with E-state index in [0.717, 1.165) is 13.2 Å². The Morgan fingerprint density at radius 2 is 1.80 bits per heavy atom. The molecule has 80 valence electrons. The summed E-state index contributed by atoms with van der Waals surface area (Å²) in [4.78, 5) is 22.0. The van der Waals surface area contributed by atoms with Crippen molar-refractivity contribution in [2.45, 2.75) is 0 Å². The van der Waals surface area contributed by atoms with Crippen molar-refractivity contribution in [1.82, 2.24) is 0 Å². The molecular weight excluding hydrogens is 230 g/mol. The number of esters is 1. The van der Waals surface area contributed by atoms with Crippen LogP contribution in [0.4, 0.5) is 8.78 Å². The predicted octanol–water partition coefficient (Wildman–Crippen LogP) is 1.97. The van der Waals surface area contributed by atoms with Crippen molar-refractivity contribution in [3.63, 3.8) is 0 Å². The molecule has 0 unspecified atom stereocenters. The number of hydrogen-bond donors (Lipinski definition) is 0. The topological polar surface area (TPSA) is 43.4 Å². The Kier molecular flexibility index (Phi) is 3.36. The van der Waals surface area contributed by atoms with E-state index in [9.17, 15) is 18.4 Å². The lowest BCUT2D eigenvalue weighted by Crippen LogP contribution is -2.18. The zero-order valence-electron chi connectivity index (χ0n) is 7.51. The SMILES string of the molecule is COC(=O)C(=O)c1c(F)ccc(F)c1Cl. The summed E-state index contributed by atoms with van der Waals surface area (Å²) in [5.74, 6) is -4.68. The Balaban J connectivity index is 3.31. The Labute approximate surface area is 88.6 Å². The van der Waals surface area contributed by atoms with Gasteiger partial charge in [0.05, 0.1) is 17.7 Å². The first-order valence-electron chi connectivity index (χ1n) is 3.75. The molecule has 0 aliphatic carbocycles. The van der Waals surface area contributed by atoms with E-state index in [0.29, 0.717) is 6.07 Å². The van der Waals surface area contributed by atoms with Crippen LogP contribution in [0.1, 0.15) is 10.4 Å². The third-order valence-electron chi connectivity index (χ3n) is 1.64. The van der Waals surface area contributed by atoms with Crippen LogP contribution in [0, 0.1) is 11.6 Å². The number of methoxy groups -OCH3 is 1. The lowest BCUT2D eigenvalue weighted by Gasteiger charge is -2.03. The van der Waals surface area contributed by atoms with Gasteiger partial charge in [-0.05, 0) is 12.1 Å². The van der Waals surface area contributed by atoms with Gasteiger partial charge in [-0.25, -0.2) is 13.6 Å². The van der Waals surface area contributed by atoms with Gasteiger partial charge in [0.1, 0.15) is 11.6 Å². The highest BCUT2D eigenvalue weighted by atomic mass is 35.5. The molecule has 15 heavy (non-hydrogen) atoms. The summed E-state index contributed by atoms with van der Waals surface area (Å²) in [6, 6.07) is 1.46. The molecule has 0 saturated heterocycles. The summed E-state index contributed by atoms with van der Waals surface area (Å²) < 4.78 is 30.1. The molecule has 1 aromatic carbocycles. The van der Waals surface area contributed by atoms with Gasteiger partial charge in [-0.2, -0.15) is 0 Å². The summed E-state index contributed by atoms with van der Waals surface area (Å²) in [6.45, 7) is 0. The minimum absolute atomic E-state index is 0.706. The van der Waals surface area contributed by atoms with Crippen molar-refractivity contribution in [3.8, 4) is 0 Å².